The molecule has 0 radical (unpaired) electrons. The minimum atomic E-state index is -0.790. The maximum atomic E-state index is 12.6. The molecule has 0 spiro atoms. The summed E-state index contributed by atoms with van der Waals surface area (Å²) in [6.07, 6.45) is 8.62. The lowest BCUT2D eigenvalue weighted by molar-refractivity contribution is -0.160. The first-order valence-corrected chi connectivity index (χ1v) is 10.1. The van der Waals surface area contributed by atoms with Gasteiger partial charge in [-0.3, -0.25) is 0 Å². The van der Waals surface area contributed by atoms with E-state index in [4.69, 9.17) is 4.74 Å². The van der Waals surface area contributed by atoms with E-state index in [1.165, 1.54) is 11.6 Å². The Balaban J connectivity index is 1.83. The fourth-order valence-electron chi connectivity index (χ4n) is 5.00. The van der Waals surface area contributed by atoms with E-state index < -0.39 is 5.60 Å². The summed E-state index contributed by atoms with van der Waals surface area (Å²) in [5.41, 5.74) is 1.38. The number of benzene rings is 1. The number of carbonyl (C=O) groups excluding carboxylic acids is 1. The highest BCUT2D eigenvalue weighted by Gasteiger charge is 2.59. The molecule has 0 unspecified atom stereocenters. The van der Waals surface area contributed by atoms with Crippen molar-refractivity contribution in [2.75, 3.05) is 0 Å². The molecule has 1 aromatic rings. The van der Waals surface area contributed by atoms with Crippen LogP contribution in [0.2, 0.25) is 0 Å². The molecule has 0 saturated heterocycles. The fraction of sp³-hybridized carbons (Fsp3) is 0.542. The molecule has 1 fully saturated rings. The monoisotopic (exact) mass is 368 g/mol. The predicted octanol–water partition coefficient (Wildman–Crippen LogP) is 5.16. The molecule has 3 rings (SSSR count). The number of hydrogen-bond donors (Lipinski definition) is 1. The van der Waals surface area contributed by atoms with Crippen molar-refractivity contribution in [3.05, 3.63) is 53.6 Å². The zero-order chi connectivity index (χ0) is 19.7. The lowest BCUT2D eigenvalue weighted by atomic mass is 9.67. The molecule has 27 heavy (non-hydrogen) atoms. The third-order valence-corrected chi connectivity index (χ3v) is 6.68. The smallest absolute Gasteiger partial charge is 0.331 e. The molecular formula is C24H32O3. The van der Waals surface area contributed by atoms with E-state index >= 15 is 0 Å². The maximum absolute atomic E-state index is 12.6. The fourth-order valence-corrected chi connectivity index (χ4v) is 5.00. The highest BCUT2D eigenvalue weighted by Crippen LogP contribution is 2.58. The number of rotatable bonds is 4. The van der Waals surface area contributed by atoms with Gasteiger partial charge in [-0.25, -0.2) is 4.79 Å². The average molecular weight is 369 g/mol. The van der Waals surface area contributed by atoms with Crippen molar-refractivity contribution < 1.29 is 14.6 Å². The van der Waals surface area contributed by atoms with Crippen LogP contribution in [0.1, 0.15) is 58.9 Å². The van der Waals surface area contributed by atoms with E-state index in [9.17, 15) is 9.90 Å². The van der Waals surface area contributed by atoms with Crippen molar-refractivity contribution in [3.8, 4) is 0 Å². The molecule has 0 bridgehead atoms. The Hall–Kier alpha value is -1.87. The van der Waals surface area contributed by atoms with Crippen LogP contribution < -0.4 is 0 Å². The van der Waals surface area contributed by atoms with E-state index in [1.54, 1.807) is 6.08 Å². The summed E-state index contributed by atoms with van der Waals surface area (Å²) < 4.78 is 5.96. The van der Waals surface area contributed by atoms with Gasteiger partial charge >= 0.3 is 5.97 Å². The van der Waals surface area contributed by atoms with Gasteiger partial charge in [0.25, 0.3) is 0 Å². The van der Waals surface area contributed by atoms with Gasteiger partial charge in [0.15, 0.2) is 0 Å². The van der Waals surface area contributed by atoms with Crippen molar-refractivity contribution in [1.82, 2.24) is 0 Å². The second-order valence-electron chi connectivity index (χ2n) is 8.96. The Labute approximate surface area is 163 Å². The van der Waals surface area contributed by atoms with E-state index in [0.29, 0.717) is 6.42 Å². The standard InChI is InChI=1S/C24H32O3/c1-17(2)24(26)15-14-23(4)13-12-18(3)16-20(22(23)24)27-21(25)11-10-19-8-6-5-7-9-19/h5-12,17,20,22,26H,13-16H2,1-4H3/b11-10+/t20-,22+,23-,24+/m0/s1. The van der Waals surface area contributed by atoms with Gasteiger partial charge in [-0.1, -0.05) is 62.8 Å². The molecule has 1 saturated carbocycles. The van der Waals surface area contributed by atoms with Crippen LogP contribution in [0.3, 0.4) is 0 Å². The first-order valence-electron chi connectivity index (χ1n) is 10.1. The minimum Gasteiger partial charge on any atom is -0.458 e. The third kappa shape index (κ3) is 4.03. The Bertz CT molecular complexity index is 733. The Kier molecular flexibility index (Phi) is 5.62. The molecule has 2 aliphatic carbocycles. The third-order valence-electron chi connectivity index (χ3n) is 6.68. The molecule has 0 aliphatic heterocycles. The summed E-state index contributed by atoms with van der Waals surface area (Å²) in [6.45, 7) is 8.49. The molecule has 0 heterocycles. The van der Waals surface area contributed by atoms with E-state index in [0.717, 1.165) is 24.8 Å². The highest BCUT2D eigenvalue weighted by molar-refractivity contribution is 5.87. The van der Waals surface area contributed by atoms with E-state index in [1.807, 2.05) is 30.3 Å². The van der Waals surface area contributed by atoms with E-state index in [2.05, 4.69) is 33.8 Å². The van der Waals surface area contributed by atoms with Gasteiger partial charge in [-0.05, 0) is 49.2 Å². The second kappa shape index (κ2) is 7.63. The van der Waals surface area contributed by atoms with Crippen LogP contribution in [0.25, 0.3) is 6.08 Å². The first-order chi connectivity index (χ1) is 12.7. The zero-order valence-corrected chi connectivity index (χ0v) is 16.9. The number of hydrogen-bond acceptors (Lipinski definition) is 3. The lowest BCUT2D eigenvalue weighted by Gasteiger charge is -2.43. The Morgan fingerprint density at radius 3 is 2.63 bits per heavy atom. The van der Waals surface area contributed by atoms with Gasteiger partial charge in [0, 0.05) is 18.4 Å². The van der Waals surface area contributed by atoms with Gasteiger partial charge in [0.05, 0.1) is 5.60 Å². The molecule has 146 valence electrons. The number of ether oxygens (including phenoxy) is 1. The lowest BCUT2D eigenvalue weighted by Crippen LogP contribution is -2.50. The van der Waals surface area contributed by atoms with Crippen molar-refractivity contribution in [3.63, 3.8) is 0 Å². The minimum absolute atomic E-state index is 0.0368. The zero-order valence-electron chi connectivity index (χ0n) is 16.9. The number of carbonyl (C=O) groups is 1. The summed E-state index contributed by atoms with van der Waals surface area (Å²) >= 11 is 0. The van der Waals surface area contributed by atoms with Gasteiger partial charge < -0.3 is 9.84 Å². The topological polar surface area (TPSA) is 46.5 Å². The Morgan fingerprint density at radius 2 is 1.96 bits per heavy atom. The maximum Gasteiger partial charge on any atom is 0.331 e. The molecule has 3 nitrogen and oxygen atoms in total. The van der Waals surface area contributed by atoms with Crippen LogP contribution in [0.15, 0.2) is 48.1 Å². The van der Waals surface area contributed by atoms with Crippen molar-refractivity contribution >= 4 is 12.0 Å². The summed E-state index contributed by atoms with van der Waals surface area (Å²) in [6, 6.07) is 9.74. The van der Waals surface area contributed by atoms with Gasteiger partial charge in [-0.2, -0.15) is 0 Å². The highest BCUT2D eigenvalue weighted by atomic mass is 16.5. The molecule has 1 aromatic carbocycles. The second-order valence-corrected chi connectivity index (χ2v) is 8.96. The van der Waals surface area contributed by atoms with Crippen LogP contribution >= 0.6 is 0 Å². The summed E-state index contributed by atoms with van der Waals surface area (Å²) in [7, 11) is 0. The average Bonchev–Trinajstić information content (AvgIpc) is 2.84. The van der Waals surface area contributed by atoms with Crippen molar-refractivity contribution in [2.24, 2.45) is 17.3 Å². The summed E-state index contributed by atoms with van der Waals surface area (Å²) in [5.74, 6) is -0.254. The van der Waals surface area contributed by atoms with Crippen LogP contribution in [0, 0.1) is 17.3 Å². The number of fused-ring (bicyclic) bond motifs is 1. The van der Waals surface area contributed by atoms with Crippen molar-refractivity contribution in [2.45, 2.75) is 65.1 Å². The van der Waals surface area contributed by atoms with E-state index in [-0.39, 0.29) is 29.3 Å². The first kappa shape index (κ1) is 19.9. The normalized spacial score (nSPS) is 33.6. The van der Waals surface area contributed by atoms with Gasteiger partial charge in [-0.15, -0.1) is 0 Å². The molecule has 4 atom stereocenters. The molecule has 2 aliphatic rings. The predicted molar refractivity (Wildman–Crippen MR) is 109 cm³/mol. The molecular weight excluding hydrogens is 336 g/mol. The van der Waals surface area contributed by atoms with Crippen LogP contribution in [0.4, 0.5) is 0 Å². The molecule has 3 heteroatoms. The van der Waals surface area contributed by atoms with Crippen LogP contribution in [-0.4, -0.2) is 22.8 Å². The quantitative estimate of drug-likeness (QED) is 0.454. The van der Waals surface area contributed by atoms with Gasteiger partial charge in [0.1, 0.15) is 6.10 Å². The van der Waals surface area contributed by atoms with Crippen LogP contribution in [-0.2, 0) is 9.53 Å². The SMILES string of the molecule is CC1=CC[C@@]2(C)CC[C@@](O)(C(C)C)[C@@H]2[C@@H](OC(=O)/C=C/c2ccccc2)C1. The largest absolute Gasteiger partial charge is 0.458 e. The number of aliphatic hydroxyl groups is 1. The molecule has 0 amide bonds. The summed E-state index contributed by atoms with van der Waals surface area (Å²) in [5, 5.41) is 11.5. The van der Waals surface area contributed by atoms with Crippen molar-refractivity contribution in [1.29, 1.82) is 0 Å². The Morgan fingerprint density at radius 1 is 1.26 bits per heavy atom. The number of esters is 1. The summed E-state index contributed by atoms with van der Waals surface area (Å²) in [4.78, 5) is 12.6. The van der Waals surface area contributed by atoms with Gasteiger partial charge in [0.2, 0.25) is 0 Å². The molecule has 0 aromatic heterocycles. The molecule has 1 N–H and O–H groups in total. The van der Waals surface area contributed by atoms with Crippen LogP contribution in [0.5, 0.6) is 0 Å². The number of allylic oxidation sites excluding steroid dienone is 1.